The summed E-state index contributed by atoms with van der Waals surface area (Å²) in [5.74, 6) is -0.438. The van der Waals surface area contributed by atoms with E-state index in [0.717, 1.165) is 18.2 Å². The van der Waals surface area contributed by atoms with E-state index >= 15 is 0 Å². The Balaban J connectivity index is 3.27. The second-order valence-electron chi connectivity index (χ2n) is 2.16. The van der Waals surface area contributed by atoms with Crippen LogP contribution in [-0.2, 0) is 11.1 Å². The number of nitro benzene ring substituents is 1. The molecule has 0 aliphatic heterocycles. The smallest absolute Gasteiger partial charge is 0.271 e. The second kappa shape index (κ2) is 3.50. The molecule has 1 aromatic rings. The number of nitrogens with zero attached hydrogens (tertiary/aromatic N) is 1. The molecular formula is C6H5NO5S. The summed E-state index contributed by atoms with van der Waals surface area (Å²) in [5, 5.41) is 19.2. The Kier molecular flexibility index (Phi) is 2.59. The lowest BCUT2D eigenvalue weighted by Crippen LogP contribution is -1.93. The van der Waals surface area contributed by atoms with E-state index < -0.39 is 21.8 Å². The molecule has 1 atom stereocenters. The summed E-state index contributed by atoms with van der Waals surface area (Å²) in [6.45, 7) is 0. The van der Waals surface area contributed by atoms with Crippen LogP contribution in [0.5, 0.6) is 5.75 Å². The molecule has 1 rings (SSSR count). The molecule has 2 N–H and O–H groups in total. The van der Waals surface area contributed by atoms with Gasteiger partial charge in [-0.2, -0.15) is 0 Å². The van der Waals surface area contributed by atoms with E-state index in [9.17, 15) is 14.3 Å². The van der Waals surface area contributed by atoms with E-state index in [4.69, 9.17) is 9.66 Å². The van der Waals surface area contributed by atoms with Crippen LogP contribution >= 0.6 is 0 Å². The van der Waals surface area contributed by atoms with E-state index in [0.29, 0.717) is 0 Å². The highest BCUT2D eigenvalue weighted by atomic mass is 32.2. The maximum absolute atomic E-state index is 10.5. The molecule has 0 saturated heterocycles. The number of hydrogen-bond donors (Lipinski definition) is 2. The van der Waals surface area contributed by atoms with Gasteiger partial charge >= 0.3 is 0 Å². The zero-order valence-electron chi connectivity index (χ0n) is 6.21. The summed E-state index contributed by atoms with van der Waals surface area (Å²) in [5.41, 5.74) is -0.338. The van der Waals surface area contributed by atoms with Gasteiger partial charge in [0, 0.05) is 12.1 Å². The normalized spacial score (nSPS) is 12.4. The summed E-state index contributed by atoms with van der Waals surface area (Å²) in [4.78, 5) is 9.15. The highest BCUT2D eigenvalue weighted by molar-refractivity contribution is 7.79. The quantitative estimate of drug-likeness (QED) is 0.422. The number of aromatic hydroxyl groups is 1. The lowest BCUT2D eigenvalue weighted by atomic mass is 10.3. The first-order chi connectivity index (χ1) is 6.02. The fourth-order valence-corrected chi connectivity index (χ4v) is 1.22. The van der Waals surface area contributed by atoms with Crippen molar-refractivity contribution >= 4 is 16.8 Å². The number of non-ortho nitro benzene ring substituents is 1. The third-order valence-electron chi connectivity index (χ3n) is 1.34. The summed E-state index contributed by atoms with van der Waals surface area (Å²) in [6, 6.07) is 2.90. The van der Waals surface area contributed by atoms with Gasteiger partial charge in [0.25, 0.3) is 5.69 Å². The van der Waals surface area contributed by atoms with Crippen molar-refractivity contribution in [1.29, 1.82) is 0 Å². The fourth-order valence-electron chi connectivity index (χ4n) is 0.756. The third kappa shape index (κ3) is 2.01. The van der Waals surface area contributed by atoms with Gasteiger partial charge in [0.1, 0.15) is 10.6 Å². The molecule has 0 fully saturated rings. The molecule has 0 aliphatic rings. The molecule has 0 amide bonds. The van der Waals surface area contributed by atoms with Crippen LogP contribution in [0, 0.1) is 10.1 Å². The molecule has 1 aromatic carbocycles. The molecule has 0 bridgehead atoms. The van der Waals surface area contributed by atoms with Crippen LogP contribution < -0.4 is 0 Å². The SMILES string of the molecule is O=[N+]([O-])c1ccc(O)c(S(=O)O)c1. The number of phenolic OH excluding ortho intramolecular Hbond substituents is 1. The topological polar surface area (TPSA) is 101 Å². The first-order valence-corrected chi connectivity index (χ1v) is 4.21. The minimum absolute atomic E-state index is 0.338. The van der Waals surface area contributed by atoms with Gasteiger partial charge in [-0.25, -0.2) is 4.21 Å². The van der Waals surface area contributed by atoms with Gasteiger partial charge in [-0.15, -0.1) is 0 Å². The van der Waals surface area contributed by atoms with Gasteiger partial charge in [0.15, 0.2) is 11.1 Å². The first-order valence-electron chi connectivity index (χ1n) is 3.10. The van der Waals surface area contributed by atoms with Crippen molar-refractivity contribution in [3.8, 4) is 5.75 Å². The van der Waals surface area contributed by atoms with Gasteiger partial charge < -0.3 is 9.66 Å². The molecule has 13 heavy (non-hydrogen) atoms. The second-order valence-corrected chi connectivity index (χ2v) is 3.10. The summed E-state index contributed by atoms with van der Waals surface area (Å²) >= 11 is -2.42. The van der Waals surface area contributed by atoms with Crippen LogP contribution in [0.25, 0.3) is 0 Å². The number of hydrogen-bond acceptors (Lipinski definition) is 4. The lowest BCUT2D eigenvalue weighted by molar-refractivity contribution is -0.385. The average Bonchev–Trinajstić information content (AvgIpc) is 2.04. The maximum atomic E-state index is 10.5. The molecule has 0 aliphatic carbocycles. The van der Waals surface area contributed by atoms with E-state index in [1.807, 2.05) is 0 Å². The monoisotopic (exact) mass is 203 g/mol. The van der Waals surface area contributed by atoms with E-state index in [1.165, 1.54) is 0 Å². The van der Waals surface area contributed by atoms with Crippen LogP contribution in [0.3, 0.4) is 0 Å². The predicted octanol–water partition coefficient (Wildman–Crippen LogP) is 0.881. The van der Waals surface area contributed by atoms with Gasteiger partial charge in [-0.3, -0.25) is 10.1 Å². The van der Waals surface area contributed by atoms with Crippen molar-refractivity contribution in [2.45, 2.75) is 4.90 Å². The standard InChI is InChI=1S/C6H5NO5S/c8-5-2-1-4(7(9)10)3-6(5)13(11)12/h1-3,8H,(H,11,12). The highest BCUT2D eigenvalue weighted by Gasteiger charge is 2.13. The Morgan fingerprint density at radius 3 is 2.54 bits per heavy atom. The van der Waals surface area contributed by atoms with E-state index in [1.54, 1.807) is 0 Å². The Hall–Kier alpha value is -1.47. The lowest BCUT2D eigenvalue weighted by Gasteiger charge is -1.98. The van der Waals surface area contributed by atoms with Crippen molar-refractivity contribution in [3.63, 3.8) is 0 Å². The molecule has 70 valence electrons. The Morgan fingerprint density at radius 2 is 2.08 bits per heavy atom. The third-order valence-corrected chi connectivity index (χ3v) is 2.05. The van der Waals surface area contributed by atoms with Crippen molar-refractivity contribution in [2.75, 3.05) is 0 Å². The van der Waals surface area contributed by atoms with Crippen LogP contribution in [0.4, 0.5) is 5.69 Å². The zero-order chi connectivity index (χ0) is 10.0. The molecule has 6 nitrogen and oxygen atoms in total. The molecule has 0 radical (unpaired) electrons. The van der Waals surface area contributed by atoms with Crippen molar-refractivity contribution in [2.24, 2.45) is 0 Å². The first kappa shape index (κ1) is 9.62. The van der Waals surface area contributed by atoms with Gasteiger partial charge in [0.05, 0.1) is 4.92 Å². The predicted molar refractivity (Wildman–Crippen MR) is 43.8 cm³/mol. The van der Waals surface area contributed by atoms with E-state index in [-0.39, 0.29) is 10.6 Å². The van der Waals surface area contributed by atoms with Crippen LogP contribution in [0.15, 0.2) is 23.1 Å². The molecule has 0 aromatic heterocycles. The maximum Gasteiger partial charge on any atom is 0.271 e. The molecule has 0 heterocycles. The van der Waals surface area contributed by atoms with Crippen LogP contribution in [0.1, 0.15) is 0 Å². The largest absolute Gasteiger partial charge is 0.507 e. The summed E-state index contributed by atoms with van der Waals surface area (Å²) in [7, 11) is 0. The molecule has 0 saturated carbocycles. The van der Waals surface area contributed by atoms with Gasteiger partial charge in [-0.05, 0) is 6.07 Å². The average molecular weight is 203 g/mol. The Bertz CT molecular complexity index is 377. The molecule has 1 unspecified atom stereocenters. The number of benzene rings is 1. The number of rotatable bonds is 2. The molecular weight excluding hydrogens is 198 g/mol. The minimum Gasteiger partial charge on any atom is -0.507 e. The number of phenols is 1. The molecule has 0 spiro atoms. The van der Waals surface area contributed by atoms with Gasteiger partial charge in [0.2, 0.25) is 0 Å². The number of nitro groups is 1. The van der Waals surface area contributed by atoms with Crippen molar-refractivity contribution in [3.05, 3.63) is 28.3 Å². The van der Waals surface area contributed by atoms with Crippen molar-refractivity contribution < 1.29 is 18.8 Å². The van der Waals surface area contributed by atoms with Gasteiger partial charge in [-0.1, -0.05) is 0 Å². The Labute approximate surface area is 75.3 Å². The minimum atomic E-state index is -2.42. The summed E-state index contributed by atoms with van der Waals surface area (Å²) < 4.78 is 19.1. The molecule has 7 heteroatoms. The van der Waals surface area contributed by atoms with Crippen molar-refractivity contribution in [1.82, 2.24) is 0 Å². The van der Waals surface area contributed by atoms with Crippen LogP contribution in [-0.4, -0.2) is 18.8 Å². The fraction of sp³-hybridized carbons (Fsp3) is 0. The summed E-state index contributed by atoms with van der Waals surface area (Å²) in [6.07, 6.45) is 0. The highest BCUT2D eigenvalue weighted by Crippen LogP contribution is 2.24. The van der Waals surface area contributed by atoms with E-state index in [2.05, 4.69) is 0 Å². The van der Waals surface area contributed by atoms with Crippen LogP contribution in [0.2, 0.25) is 0 Å². The Morgan fingerprint density at radius 1 is 1.46 bits per heavy atom. The zero-order valence-corrected chi connectivity index (χ0v) is 7.02.